The van der Waals surface area contributed by atoms with Crippen LogP contribution in [0.4, 0.5) is 16.2 Å². The van der Waals surface area contributed by atoms with Crippen molar-refractivity contribution in [1.82, 2.24) is 9.88 Å². The van der Waals surface area contributed by atoms with Gasteiger partial charge in [-0.3, -0.25) is 14.8 Å². The Hall–Kier alpha value is -3.12. The molecule has 6 nitrogen and oxygen atoms in total. The molecule has 178 valence electrons. The third kappa shape index (κ3) is 4.87. The molecule has 0 atom stereocenters. The van der Waals surface area contributed by atoms with Crippen LogP contribution in [0.25, 0.3) is 10.9 Å². The number of benzene rings is 2. The number of amides is 2. The molecule has 1 saturated carbocycles. The summed E-state index contributed by atoms with van der Waals surface area (Å²) in [7, 11) is 0. The number of carbonyl (C=O) groups is 1. The minimum Gasteiger partial charge on any atom is -0.368 e. The second kappa shape index (κ2) is 10.0. The first kappa shape index (κ1) is 22.7. The number of nitrogens with zero attached hydrogens (tertiary/aromatic N) is 4. The summed E-state index contributed by atoms with van der Waals surface area (Å²) < 4.78 is 0. The van der Waals surface area contributed by atoms with Crippen LogP contribution in [0.5, 0.6) is 0 Å². The lowest BCUT2D eigenvalue weighted by molar-refractivity contribution is 0.251. The fourth-order valence-corrected chi connectivity index (χ4v) is 5.56. The molecule has 1 aliphatic heterocycles. The Morgan fingerprint density at radius 1 is 1.03 bits per heavy atom. The zero-order valence-electron chi connectivity index (χ0n) is 20.1. The highest BCUT2D eigenvalue weighted by Crippen LogP contribution is 2.29. The number of fused-ring (bicyclic) bond motifs is 1. The second-order valence-corrected chi connectivity index (χ2v) is 9.69. The minimum atomic E-state index is -0.334. The van der Waals surface area contributed by atoms with E-state index in [4.69, 9.17) is 10.7 Å². The van der Waals surface area contributed by atoms with Crippen molar-refractivity contribution < 1.29 is 4.79 Å². The third-order valence-corrected chi connectivity index (χ3v) is 7.39. The lowest BCUT2D eigenvalue weighted by Gasteiger charge is -2.36. The summed E-state index contributed by atoms with van der Waals surface area (Å²) >= 11 is 0. The van der Waals surface area contributed by atoms with Gasteiger partial charge >= 0.3 is 6.03 Å². The summed E-state index contributed by atoms with van der Waals surface area (Å²) in [4.78, 5) is 23.7. The molecule has 3 aromatic rings. The van der Waals surface area contributed by atoms with Gasteiger partial charge in [-0.25, -0.2) is 4.79 Å². The number of piperazine rings is 1. The van der Waals surface area contributed by atoms with E-state index in [0.29, 0.717) is 0 Å². The Bertz CT molecular complexity index is 1150. The van der Waals surface area contributed by atoms with Gasteiger partial charge in [-0.15, -0.1) is 0 Å². The number of aromatic nitrogens is 1. The van der Waals surface area contributed by atoms with Gasteiger partial charge in [0.1, 0.15) is 0 Å². The number of nitrogens with two attached hydrogens (primary N) is 1. The monoisotopic (exact) mass is 457 g/mol. The maximum absolute atomic E-state index is 12.2. The first-order valence-corrected chi connectivity index (χ1v) is 12.6. The molecule has 0 spiro atoms. The summed E-state index contributed by atoms with van der Waals surface area (Å²) in [5, 5.41) is 1.24. The maximum Gasteiger partial charge on any atom is 0.319 e. The average Bonchev–Trinajstić information content (AvgIpc) is 3.37. The molecule has 6 heteroatoms. The number of carbonyl (C=O) groups excluding carboxylic acids is 1. The first-order valence-electron chi connectivity index (χ1n) is 12.6. The SMILES string of the molecule is Cc1ccc2c(N3CCN(CCc4cccc(N(C(N)=O)C5CCCC5)c4)CC3)cccc2n1. The molecular formula is C28H35N5O. The Morgan fingerprint density at radius 3 is 2.56 bits per heavy atom. The van der Waals surface area contributed by atoms with E-state index in [1.165, 1.54) is 29.5 Å². The van der Waals surface area contributed by atoms with Crippen molar-refractivity contribution in [2.75, 3.05) is 42.5 Å². The summed E-state index contributed by atoms with van der Waals surface area (Å²) in [6.45, 7) is 7.19. The van der Waals surface area contributed by atoms with Gasteiger partial charge in [-0.2, -0.15) is 0 Å². The third-order valence-electron chi connectivity index (χ3n) is 7.39. The fourth-order valence-electron chi connectivity index (χ4n) is 5.56. The molecule has 2 amide bonds. The summed E-state index contributed by atoms with van der Waals surface area (Å²) in [5.41, 5.74) is 11.4. The zero-order chi connectivity index (χ0) is 23.5. The van der Waals surface area contributed by atoms with Crippen molar-refractivity contribution in [2.24, 2.45) is 5.73 Å². The van der Waals surface area contributed by atoms with Crippen LogP contribution >= 0.6 is 0 Å². The molecular weight excluding hydrogens is 422 g/mol. The van der Waals surface area contributed by atoms with Gasteiger partial charge in [0.2, 0.25) is 0 Å². The normalized spacial score (nSPS) is 17.4. The molecule has 2 N–H and O–H groups in total. The Morgan fingerprint density at radius 2 is 1.79 bits per heavy atom. The van der Waals surface area contributed by atoms with E-state index >= 15 is 0 Å². The number of aryl methyl sites for hydroxylation is 1. The summed E-state index contributed by atoms with van der Waals surface area (Å²) in [6.07, 6.45) is 5.42. The number of pyridine rings is 1. The van der Waals surface area contributed by atoms with Crippen LogP contribution in [-0.2, 0) is 6.42 Å². The smallest absolute Gasteiger partial charge is 0.319 e. The number of primary amides is 1. The van der Waals surface area contributed by atoms with E-state index < -0.39 is 0 Å². The molecule has 5 rings (SSSR count). The molecule has 2 heterocycles. The van der Waals surface area contributed by atoms with Crippen LogP contribution in [0.3, 0.4) is 0 Å². The number of hydrogen-bond donors (Lipinski definition) is 1. The van der Waals surface area contributed by atoms with Gasteiger partial charge in [0.25, 0.3) is 0 Å². The first-order chi connectivity index (χ1) is 16.6. The topological polar surface area (TPSA) is 65.7 Å². The number of rotatable bonds is 6. The largest absolute Gasteiger partial charge is 0.368 e. The van der Waals surface area contributed by atoms with Crippen LogP contribution in [0.2, 0.25) is 0 Å². The predicted molar refractivity (Wildman–Crippen MR) is 140 cm³/mol. The van der Waals surface area contributed by atoms with E-state index in [1.807, 2.05) is 17.9 Å². The number of hydrogen-bond acceptors (Lipinski definition) is 4. The standard InChI is InChI=1S/C28H35N5O/c1-21-12-13-25-26(30-21)10-5-11-27(25)32-18-16-31(17-19-32)15-14-22-6-4-9-24(20-22)33(28(29)34)23-7-2-3-8-23/h4-6,9-13,20,23H,2-3,7-8,14-19H2,1H3,(H2,29,34). The fraction of sp³-hybridized carbons (Fsp3) is 0.429. The predicted octanol–water partition coefficient (Wildman–Crippen LogP) is 4.74. The molecule has 0 unspecified atom stereocenters. The Kier molecular flexibility index (Phi) is 6.68. The van der Waals surface area contributed by atoms with Gasteiger partial charge in [-0.1, -0.05) is 31.0 Å². The number of urea groups is 1. The molecule has 2 aliphatic rings. The van der Waals surface area contributed by atoms with E-state index in [0.717, 1.165) is 68.9 Å². The van der Waals surface area contributed by atoms with Crippen LogP contribution in [0.1, 0.15) is 36.9 Å². The highest BCUT2D eigenvalue weighted by Gasteiger charge is 2.26. The molecule has 34 heavy (non-hydrogen) atoms. The Labute approximate surface area is 202 Å². The average molecular weight is 458 g/mol. The molecule has 2 aromatic carbocycles. The molecule has 0 bridgehead atoms. The van der Waals surface area contributed by atoms with E-state index in [-0.39, 0.29) is 12.1 Å². The molecule has 1 aliphatic carbocycles. The minimum absolute atomic E-state index is 0.244. The number of anilines is 2. The van der Waals surface area contributed by atoms with Gasteiger partial charge in [0.05, 0.1) is 5.52 Å². The van der Waals surface area contributed by atoms with Crippen molar-refractivity contribution in [3.63, 3.8) is 0 Å². The van der Waals surface area contributed by atoms with Crippen LogP contribution < -0.4 is 15.5 Å². The van der Waals surface area contributed by atoms with Crippen LogP contribution in [0, 0.1) is 6.92 Å². The second-order valence-electron chi connectivity index (χ2n) is 9.69. The highest BCUT2D eigenvalue weighted by atomic mass is 16.2. The molecule has 2 fully saturated rings. The van der Waals surface area contributed by atoms with Crippen molar-refractivity contribution in [2.45, 2.75) is 45.1 Å². The lowest BCUT2D eigenvalue weighted by Crippen LogP contribution is -2.47. The molecule has 1 aromatic heterocycles. The van der Waals surface area contributed by atoms with Crippen molar-refractivity contribution in [3.05, 3.63) is 65.9 Å². The Balaban J connectivity index is 1.19. The van der Waals surface area contributed by atoms with Crippen LogP contribution in [-0.4, -0.2) is 54.7 Å². The van der Waals surface area contributed by atoms with E-state index in [1.54, 1.807) is 0 Å². The van der Waals surface area contributed by atoms with Gasteiger partial charge in [0.15, 0.2) is 0 Å². The van der Waals surface area contributed by atoms with Gasteiger partial charge in [-0.05, 0) is 68.1 Å². The summed E-state index contributed by atoms with van der Waals surface area (Å²) in [5.74, 6) is 0. The van der Waals surface area contributed by atoms with Crippen molar-refractivity contribution in [3.8, 4) is 0 Å². The van der Waals surface area contributed by atoms with Gasteiger partial charge in [0, 0.05) is 61.2 Å². The lowest BCUT2D eigenvalue weighted by atomic mass is 10.1. The zero-order valence-corrected chi connectivity index (χ0v) is 20.1. The van der Waals surface area contributed by atoms with E-state index in [9.17, 15) is 4.79 Å². The van der Waals surface area contributed by atoms with Gasteiger partial charge < -0.3 is 10.6 Å². The maximum atomic E-state index is 12.2. The highest BCUT2D eigenvalue weighted by molar-refractivity contribution is 5.92. The quantitative estimate of drug-likeness (QED) is 0.581. The van der Waals surface area contributed by atoms with Crippen LogP contribution in [0.15, 0.2) is 54.6 Å². The summed E-state index contributed by atoms with van der Waals surface area (Å²) in [6, 6.07) is 19.0. The van der Waals surface area contributed by atoms with Crippen molar-refractivity contribution >= 4 is 28.3 Å². The van der Waals surface area contributed by atoms with Crippen molar-refractivity contribution in [1.29, 1.82) is 0 Å². The molecule has 1 saturated heterocycles. The molecule has 0 radical (unpaired) electrons. The van der Waals surface area contributed by atoms with E-state index in [2.05, 4.69) is 58.3 Å².